The van der Waals surface area contributed by atoms with Crippen LogP contribution in [-0.4, -0.2) is 13.2 Å². The van der Waals surface area contributed by atoms with Crippen LogP contribution in [0.5, 0.6) is 11.5 Å². The summed E-state index contributed by atoms with van der Waals surface area (Å²) in [4.78, 5) is 0. The molecule has 0 aromatic heterocycles. The standard InChI is InChI=1S/C49H46O2/c1-3-5-7-10-36-12-16-38(17-13-36)20-22-40-24-28-44-42(34-40)26-30-46-48(44)49-45-29-25-41(35-43(45)27-31-47(49)51-33-9-32-50-46)23-21-39-18-14-37(15-19-39)11-8-6-4-2/h12-19,24-31,34-35H,3-11,32-33H2,1-2H3. The summed E-state index contributed by atoms with van der Waals surface area (Å²) in [5, 5.41) is 4.49. The minimum atomic E-state index is 0.602. The van der Waals surface area contributed by atoms with Crippen LogP contribution in [0.1, 0.15) is 92.2 Å². The molecule has 0 N–H and O–H groups in total. The van der Waals surface area contributed by atoms with Crippen LogP contribution < -0.4 is 9.47 Å². The van der Waals surface area contributed by atoms with Gasteiger partial charge in [0.15, 0.2) is 0 Å². The fourth-order valence-corrected chi connectivity index (χ4v) is 6.91. The second-order valence-electron chi connectivity index (χ2n) is 13.6. The molecule has 0 atom stereocenters. The van der Waals surface area contributed by atoms with Crippen molar-refractivity contribution in [3.8, 4) is 46.3 Å². The Morgan fingerprint density at radius 3 is 1.29 bits per heavy atom. The van der Waals surface area contributed by atoms with Crippen molar-refractivity contribution in [3.05, 3.63) is 143 Å². The number of benzene rings is 6. The Bertz CT molecular complexity index is 2090. The molecule has 0 amide bonds. The number of aryl methyl sites for hydroxylation is 2. The highest BCUT2D eigenvalue weighted by Gasteiger charge is 2.20. The molecule has 6 aromatic carbocycles. The van der Waals surface area contributed by atoms with E-state index in [9.17, 15) is 0 Å². The van der Waals surface area contributed by atoms with Gasteiger partial charge in [0.25, 0.3) is 0 Å². The Hall–Kier alpha value is -5.44. The van der Waals surface area contributed by atoms with E-state index in [0.717, 1.165) is 85.7 Å². The molecule has 1 aliphatic heterocycles. The van der Waals surface area contributed by atoms with Gasteiger partial charge in [0.05, 0.1) is 13.2 Å². The number of fused-ring (bicyclic) bond motifs is 7. The van der Waals surface area contributed by atoms with Gasteiger partial charge >= 0.3 is 0 Å². The van der Waals surface area contributed by atoms with Crippen molar-refractivity contribution in [2.45, 2.75) is 71.6 Å². The maximum Gasteiger partial charge on any atom is 0.127 e. The zero-order valence-corrected chi connectivity index (χ0v) is 30.0. The van der Waals surface area contributed by atoms with Gasteiger partial charge in [-0.1, -0.05) is 112 Å². The molecule has 0 spiro atoms. The second kappa shape index (κ2) is 16.5. The molecule has 0 fully saturated rings. The van der Waals surface area contributed by atoms with E-state index < -0.39 is 0 Å². The first-order valence-corrected chi connectivity index (χ1v) is 18.8. The molecule has 6 aromatic rings. The summed E-state index contributed by atoms with van der Waals surface area (Å²) in [6, 6.07) is 38.9. The lowest BCUT2D eigenvalue weighted by Gasteiger charge is -2.18. The molecule has 2 heteroatoms. The highest BCUT2D eigenvalue weighted by atomic mass is 16.5. The summed E-state index contributed by atoms with van der Waals surface area (Å²) in [5.74, 6) is 15.3. The SMILES string of the molecule is CCCCCc1ccc(C#Cc2ccc3c4c(ccc3c2)OCCCOc2ccc3cc(C#Cc5ccc(CCCCC)cc5)ccc3c2-4)cc1. The predicted molar refractivity (Wildman–Crippen MR) is 214 cm³/mol. The summed E-state index contributed by atoms with van der Waals surface area (Å²) in [6.45, 7) is 5.69. The fraction of sp³-hybridized carbons (Fsp3) is 0.265. The Labute approximate surface area is 303 Å². The molecule has 1 heterocycles. The first-order chi connectivity index (χ1) is 25.2. The molecular formula is C49H46O2. The molecule has 0 saturated heterocycles. The largest absolute Gasteiger partial charge is 0.493 e. The second-order valence-corrected chi connectivity index (χ2v) is 13.6. The van der Waals surface area contributed by atoms with Crippen LogP contribution >= 0.6 is 0 Å². The van der Waals surface area contributed by atoms with Crippen molar-refractivity contribution in [2.75, 3.05) is 13.2 Å². The van der Waals surface area contributed by atoms with E-state index >= 15 is 0 Å². The van der Waals surface area contributed by atoms with E-state index in [2.05, 4.69) is 147 Å². The number of ether oxygens (including phenoxy) is 2. The molecule has 0 aliphatic carbocycles. The Balaban J connectivity index is 1.21. The van der Waals surface area contributed by atoms with E-state index in [1.807, 2.05) is 0 Å². The van der Waals surface area contributed by atoms with E-state index in [0.29, 0.717) is 13.2 Å². The van der Waals surface area contributed by atoms with Crippen molar-refractivity contribution in [3.63, 3.8) is 0 Å². The molecule has 1 aliphatic rings. The quantitative estimate of drug-likeness (QED) is 0.119. The maximum absolute atomic E-state index is 6.41. The van der Waals surface area contributed by atoms with Gasteiger partial charge in [0.1, 0.15) is 11.5 Å². The van der Waals surface area contributed by atoms with Crippen LogP contribution in [0.4, 0.5) is 0 Å². The third-order valence-corrected chi connectivity index (χ3v) is 9.77. The zero-order chi connectivity index (χ0) is 34.8. The van der Waals surface area contributed by atoms with E-state index in [1.54, 1.807) is 0 Å². The first-order valence-electron chi connectivity index (χ1n) is 18.8. The lowest BCUT2D eigenvalue weighted by atomic mass is 9.91. The average molecular weight is 667 g/mol. The average Bonchev–Trinajstić information content (AvgIpc) is 3.26. The van der Waals surface area contributed by atoms with Crippen LogP contribution in [0.25, 0.3) is 32.7 Å². The Morgan fingerprint density at radius 2 is 0.863 bits per heavy atom. The van der Waals surface area contributed by atoms with Gasteiger partial charge in [-0.15, -0.1) is 0 Å². The fourth-order valence-electron chi connectivity index (χ4n) is 6.91. The van der Waals surface area contributed by atoms with Gasteiger partial charge in [0, 0.05) is 39.8 Å². The van der Waals surface area contributed by atoms with Crippen LogP contribution in [-0.2, 0) is 12.8 Å². The molecule has 254 valence electrons. The topological polar surface area (TPSA) is 18.5 Å². The lowest BCUT2D eigenvalue weighted by molar-refractivity contribution is 0.252. The third-order valence-electron chi connectivity index (χ3n) is 9.77. The van der Waals surface area contributed by atoms with Gasteiger partial charge < -0.3 is 9.47 Å². The van der Waals surface area contributed by atoms with Crippen molar-refractivity contribution in [1.82, 2.24) is 0 Å². The van der Waals surface area contributed by atoms with Gasteiger partial charge in [0.2, 0.25) is 0 Å². The molecule has 7 rings (SSSR count). The Morgan fingerprint density at radius 1 is 0.451 bits per heavy atom. The summed E-state index contributed by atoms with van der Waals surface area (Å²) in [6.07, 6.45) is 10.6. The summed E-state index contributed by atoms with van der Waals surface area (Å²) in [5.41, 5.74) is 8.94. The molecule has 0 saturated carbocycles. The third kappa shape index (κ3) is 8.31. The van der Waals surface area contributed by atoms with Crippen molar-refractivity contribution in [2.24, 2.45) is 0 Å². The zero-order valence-electron chi connectivity index (χ0n) is 30.0. The van der Waals surface area contributed by atoms with Crippen molar-refractivity contribution >= 4 is 21.5 Å². The number of hydrogen-bond donors (Lipinski definition) is 0. The van der Waals surface area contributed by atoms with Gasteiger partial charge in [-0.3, -0.25) is 0 Å². The molecule has 2 nitrogen and oxygen atoms in total. The number of unbranched alkanes of at least 4 members (excludes halogenated alkanes) is 4. The van der Waals surface area contributed by atoms with Crippen LogP contribution in [0.3, 0.4) is 0 Å². The summed E-state index contributed by atoms with van der Waals surface area (Å²) in [7, 11) is 0. The van der Waals surface area contributed by atoms with Crippen molar-refractivity contribution < 1.29 is 9.47 Å². The smallest absolute Gasteiger partial charge is 0.127 e. The summed E-state index contributed by atoms with van der Waals surface area (Å²) >= 11 is 0. The van der Waals surface area contributed by atoms with Crippen LogP contribution in [0.2, 0.25) is 0 Å². The van der Waals surface area contributed by atoms with Crippen LogP contribution in [0, 0.1) is 23.7 Å². The molecule has 51 heavy (non-hydrogen) atoms. The van der Waals surface area contributed by atoms with Crippen molar-refractivity contribution in [1.29, 1.82) is 0 Å². The highest BCUT2D eigenvalue weighted by Crippen LogP contribution is 2.46. The van der Waals surface area contributed by atoms with Gasteiger partial charge in [-0.2, -0.15) is 0 Å². The first kappa shape index (κ1) is 34.0. The van der Waals surface area contributed by atoms with E-state index in [4.69, 9.17) is 9.47 Å². The number of rotatable bonds is 8. The number of hydrogen-bond acceptors (Lipinski definition) is 2. The minimum Gasteiger partial charge on any atom is -0.493 e. The molecular weight excluding hydrogens is 621 g/mol. The van der Waals surface area contributed by atoms with E-state index in [1.165, 1.54) is 49.7 Å². The molecule has 0 unspecified atom stereocenters. The summed E-state index contributed by atoms with van der Waals surface area (Å²) < 4.78 is 12.8. The van der Waals surface area contributed by atoms with E-state index in [-0.39, 0.29) is 0 Å². The molecule has 0 bridgehead atoms. The van der Waals surface area contributed by atoms with Crippen LogP contribution in [0.15, 0.2) is 109 Å². The van der Waals surface area contributed by atoms with Gasteiger partial charge in [-0.05, 0) is 119 Å². The minimum absolute atomic E-state index is 0.602. The predicted octanol–water partition coefficient (Wildman–Crippen LogP) is 12.1. The lowest BCUT2D eigenvalue weighted by Crippen LogP contribution is -2.03. The maximum atomic E-state index is 6.41. The normalized spacial score (nSPS) is 12.1. The monoisotopic (exact) mass is 666 g/mol. The van der Waals surface area contributed by atoms with Gasteiger partial charge in [-0.25, -0.2) is 0 Å². The highest BCUT2D eigenvalue weighted by molar-refractivity contribution is 6.10. The Kier molecular flexibility index (Phi) is 11.0. The molecule has 0 radical (unpaired) electrons.